The highest BCUT2D eigenvalue weighted by Gasteiger charge is 2.31. The van der Waals surface area contributed by atoms with Crippen molar-refractivity contribution in [3.63, 3.8) is 0 Å². The number of alkyl halides is 3. The van der Waals surface area contributed by atoms with Gasteiger partial charge in [0.25, 0.3) is 0 Å². The maximum absolute atomic E-state index is 12.5. The van der Waals surface area contributed by atoms with Crippen molar-refractivity contribution in [3.05, 3.63) is 22.5 Å². The van der Waals surface area contributed by atoms with Gasteiger partial charge in [-0.2, -0.15) is 13.2 Å². The van der Waals surface area contributed by atoms with Crippen LogP contribution >= 0.6 is 0 Å². The smallest absolute Gasteiger partial charge is 0.328 e. The third-order valence-electron chi connectivity index (χ3n) is 3.14. The van der Waals surface area contributed by atoms with Crippen molar-refractivity contribution in [2.45, 2.75) is 38.8 Å². The summed E-state index contributed by atoms with van der Waals surface area (Å²) in [7, 11) is 0. The van der Waals surface area contributed by atoms with Crippen molar-refractivity contribution in [2.75, 3.05) is 5.32 Å². The molecule has 0 fully saturated rings. The number of fused-ring (bicyclic) bond motifs is 1. The van der Waals surface area contributed by atoms with Crippen molar-refractivity contribution in [3.8, 4) is 0 Å². The van der Waals surface area contributed by atoms with E-state index in [9.17, 15) is 18.0 Å². The molecule has 0 saturated heterocycles. The first-order chi connectivity index (χ1) is 8.42. The lowest BCUT2D eigenvalue weighted by atomic mass is 10.0. The molecular weight excluding hydrogens is 245 g/mol. The minimum Gasteiger partial charge on any atom is -0.328 e. The van der Waals surface area contributed by atoms with Crippen molar-refractivity contribution in [1.29, 1.82) is 0 Å². The normalized spacial score (nSPS) is 14.4. The molecule has 1 aromatic rings. The first-order valence-corrected chi connectivity index (χ1v) is 5.70. The molecule has 1 N–H and O–H groups in total. The van der Waals surface area contributed by atoms with E-state index in [1.807, 2.05) is 0 Å². The van der Waals surface area contributed by atoms with Crippen molar-refractivity contribution >= 4 is 12.1 Å². The topological polar surface area (TPSA) is 42.0 Å². The van der Waals surface area contributed by atoms with Crippen LogP contribution in [-0.4, -0.2) is 17.6 Å². The zero-order chi connectivity index (χ0) is 13.3. The Balaban J connectivity index is 2.48. The lowest BCUT2D eigenvalue weighted by molar-refractivity contribution is -0.127. The number of anilines is 1. The summed E-state index contributed by atoms with van der Waals surface area (Å²) in [5, 5.41) is 2.51. The predicted octanol–water partition coefficient (Wildman–Crippen LogP) is 2.55. The van der Waals surface area contributed by atoms with E-state index >= 15 is 0 Å². The summed E-state index contributed by atoms with van der Waals surface area (Å²) in [5.41, 5.74) is 2.49. The summed E-state index contributed by atoms with van der Waals surface area (Å²) in [6.45, 7) is 1.57. The Morgan fingerprint density at radius 2 is 2.11 bits per heavy atom. The number of amides is 1. The van der Waals surface area contributed by atoms with Crippen LogP contribution in [0.2, 0.25) is 0 Å². The minimum atomic E-state index is -4.29. The molecule has 1 aliphatic carbocycles. The average Bonchev–Trinajstić information content (AvgIpc) is 2.69. The van der Waals surface area contributed by atoms with E-state index in [4.69, 9.17) is 0 Å². The van der Waals surface area contributed by atoms with Crippen LogP contribution in [0.15, 0.2) is 0 Å². The standard InChI is InChI=1S/C12H13F3N2O/c1-7-10(5-12(13,14)15)17-9-4-2-3-8(9)11(7)16-6-18/h6H,2-5H2,1H3,(H,16,17,18). The van der Waals surface area contributed by atoms with E-state index < -0.39 is 12.6 Å². The summed E-state index contributed by atoms with van der Waals surface area (Å²) >= 11 is 0. The molecule has 0 bridgehead atoms. The largest absolute Gasteiger partial charge is 0.394 e. The van der Waals surface area contributed by atoms with Gasteiger partial charge in [-0.1, -0.05) is 0 Å². The minimum absolute atomic E-state index is 0.00694. The van der Waals surface area contributed by atoms with Gasteiger partial charge in [-0.15, -0.1) is 0 Å². The molecule has 2 rings (SSSR count). The third kappa shape index (κ3) is 2.47. The Morgan fingerprint density at radius 1 is 1.39 bits per heavy atom. The quantitative estimate of drug-likeness (QED) is 0.846. The van der Waals surface area contributed by atoms with Gasteiger partial charge in [-0.3, -0.25) is 9.78 Å². The van der Waals surface area contributed by atoms with Gasteiger partial charge in [0.05, 0.1) is 17.8 Å². The van der Waals surface area contributed by atoms with Gasteiger partial charge in [-0.05, 0) is 37.3 Å². The van der Waals surface area contributed by atoms with Crippen LogP contribution in [-0.2, 0) is 24.1 Å². The van der Waals surface area contributed by atoms with E-state index in [1.165, 1.54) is 0 Å². The molecule has 18 heavy (non-hydrogen) atoms. The summed E-state index contributed by atoms with van der Waals surface area (Å²) in [5.74, 6) is 0. The second-order valence-electron chi connectivity index (χ2n) is 4.39. The van der Waals surface area contributed by atoms with E-state index in [-0.39, 0.29) is 5.69 Å². The third-order valence-corrected chi connectivity index (χ3v) is 3.14. The molecule has 1 aliphatic rings. The van der Waals surface area contributed by atoms with Gasteiger partial charge >= 0.3 is 6.18 Å². The molecule has 0 aliphatic heterocycles. The van der Waals surface area contributed by atoms with Gasteiger partial charge in [0.15, 0.2) is 0 Å². The van der Waals surface area contributed by atoms with Gasteiger partial charge in [0.2, 0.25) is 6.41 Å². The number of hydrogen-bond donors (Lipinski definition) is 1. The maximum atomic E-state index is 12.5. The number of aryl methyl sites for hydroxylation is 1. The van der Waals surface area contributed by atoms with Crippen LogP contribution in [0.5, 0.6) is 0 Å². The number of carbonyl (C=O) groups is 1. The van der Waals surface area contributed by atoms with Gasteiger partial charge < -0.3 is 5.32 Å². The van der Waals surface area contributed by atoms with Crippen LogP contribution in [0.25, 0.3) is 0 Å². The Kier molecular flexibility index (Phi) is 3.28. The Labute approximate surface area is 102 Å². The molecule has 0 spiro atoms. The monoisotopic (exact) mass is 258 g/mol. The molecular formula is C12H13F3N2O. The fourth-order valence-electron chi connectivity index (χ4n) is 2.35. The molecule has 0 saturated carbocycles. The molecule has 0 aromatic carbocycles. The van der Waals surface area contributed by atoms with Crippen molar-refractivity contribution in [1.82, 2.24) is 4.98 Å². The first-order valence-electron chi connectivity index (χ1n) is 5.70. The number of halogens is 3. The van der Waals surface area contributed by atoms with Crippen molar-refractivity contribution < 1.29 is 18.0 Å². The number of nitrogens with zero attached hydrogens (tertiary/aromatic N) is 1. The zero-order valence-corrected chi connectivity index (χ0v) is 9.90. The van der Waals surface area contributed by atoms with E-state index in [2.05, 4.69) is 10.3 Å². The number of pyridine rings is 1. The van der Waals surface area contributed by atoms with Gasteiger partial charge in [0, 0.05) is 5.69 Å². The van der Waals surface area contributed by atoms with Gasteiger partial charge in [-0.25, -0.2) is 0 Å². The van der Waals surface area contributed by atoms with Gasteiger partial charge in [0.1, 0.15) is 0 Å². The molecule has 1 heterocycles. The number of carbonyl (C=O) groups excluding carboxylic acids is 1. The summed E-state index contributed by atoms with van der Waals surface area (Å²) in [6.07, 6.45) is -2.55. The Morgan fingerprint density at radius 3 is 2.72 bits per heavy atom. The maximum Gasteiger partial charge on any atom is 0.394 e. The second-order valence-corrected chi connectivity index (χ2v) is 4.39. The fraction of sp³-hybridized carbons (Fsp3) is 0.500. The van der Waals surface area contributed by atoms with Crippen LogP contribution in [0, 0.1) is 6.92 Å². The highest BCUT2D eigenvalue weighted by molar-refractivity contribution is 5.77. The SMILES string of the molecule is Cc1c(CC(F)(F)F)nc2c(c1NC=O)CCC2. The molecule has 1 aromatic heterocycles. The summed E-state index contributed by atoms with van der Waals surface area (Å²) in [4.78, 5) is 14.7. The number of hydrogen-bond acceptors (Lipinski definition) is 2. The molecule has 98 valence electrons. The summed E-state index contributed by atoms with van der Waals surface area (Å²) in [6, 6.07) is 0. The second kappa shape index (κ2) is 4.59. The Hall–Kier alpha value is -1.59. The predicted molar refractivity (Wildman–Crippen MR) is 60.4 cm³/mol. The fourth-order valence-corrected chi connectivity index (χ4v) is 2.35. The molecule has 0 unspecified atom stereocenters. The average molecular weight is 258 g/mol. The lowest BCUT2D eigenvalue weighted by Gasteiger charge is -2.16. The van der Waals surface area contributed by atoms with Crippen molar-refractivity contribution in [2.24, 2.45) is 0 Å². The number of aromatic nitrogens is 1. The van der Waals surface area contributed by atoms with E-state index in [0.29, 0.717) is 29.8 Å². The molecule has 3 nitrogen and oxygen atoms in total. The first kappa shape index (κ1) is 12.9. The zero-order valence-electron chi connectivity index (χ0n) is 9.90. The number of nitrogens with one attached hydrogen (secondary N) is 1. The molecule has 0 radical (unpaired) electrons. The van der Waals surface area contributed by atoms with E-state index in [1.54, 1.807) is 6.92 Å². The van der Waals surface area contributed by atoms with E-state index in [0.717, 1.165) is 18.4 Å². The summed E-state index contributed by atoms with van der Waals surface area (Å²) < 4.78 is 37.4. The Bertz CT molecular complexity index is 483. The lowest BCUT2D eigenvalue weighted by Crippen LogP contribution is -2.16. The highest BCUT2D eigenvalue weighted by atomic mass is 19.4. The van der Waals surface area contributed by atoms with Crippen LogP contribution in [0.1, 0.15) is 28.9 Å². The molecule has 6 heteroatoms. The van der Waals surface area contributed by atoms with Crippen LogP contribution in [0.4, 0.5) is 18.9 Å². The molecule has 1 amide bonds. The van der Waals surface area contributed by atoms with Crippen LogP contribution in [0.3, 0.4) is 0 Å². The number of rotatable bonds is 3. The molecule has 0 atom stereocenters. The van der Waals surface area contributed by atoms with Crippen LogP contribution < -0.4 is 5.32 Å². The highest BCUT2D eigenvalue weighted by Crippen LogP contribution is 2.33.